The minimum absolute atomic E-state index is 0.366. The van der Waals surface area contributed by atoms with Gasteiger partial charge in [0.05, 0.1) is 5.56 Å². The van der Waals surface area contributed by atoms with E-state index in [2.05, 4.69) is 0 Å². The Bertz CT molecular complexity index is 431. The lowest BCUT2D eigenvalue weighted by Crippen LogP contribution is -2.32. The van der Waals surface area contributed by atoms with Gasteiger partial charge in [0.25, 0.3) is 0 Å². The van der Waals surface area contributed by atoms with Gasteiger partial charge in [0.1, 0.15) is 11.9 Å². The highest BCUT2D eigenvalue weighted by molar-refractivity contribution is 5.73. The van der Waals surface area contributed by atoms with Gasteiger partial charge in [0.2, 0.25) is 0 Å². The van der Waals surface area contributed by atoms with Crippen molar-refractivity contribution in [3.8, 4) is 0 Å². The van der Waals surface area contributed by atoms with Gasteiger partial charge in [-0.2, -0.15) is 13.2 Å². The molecular weight excluding hydrogens is 242 g/mol. The average molecular weight is 251 g/mol. The van der Waals surface area contributed by atoms with Crippen LogP contribution in [-0.2, 0) is 17.4 Å². The zero-order valence-electron chi connectivity index (χ0n) is 8.46. The van der Waals surface area contributed by atoms with Crippen LogP contribution < -0.4 is 5.73 Å². The standard InChI is InChI=1S/C10H9F4NO2/c11-7-2-1-6(10(12,13)14)3-5(7)4-8(15)9(16)17/h1-3,8H,4,15H2,(H,16,17)/t8-/m1/s1. The Hall–Kier alpha value is -1.63. The molecule has 94 valence electrons. The van der Waals surface area contributed by atoms with E-state index in [-0.39, 0.29) is 5.56 Å². The molecule has 3 N–H and O–H groups in total. The molecule has 0 aliphatic carbocycles. The zero-order valence-corrected chi connectivity index (χ0v) is 8.46. The molecule has 0 saturated heterocycles. The smallest absolute Gasteiger partial charge is 0.416 e. The van der Waals surface area contributed by atoms with Crippen molar-refractivity contribution in [2.75, 3.05) is 0 Å². The number of carboxylic acid groups (broad SMARTS) is 1. The molecule has 1 rings (SSSR count). The second-order valence-corrected chi connectivity index (χ2v) is 3.45. The fourth-order valence-corrected chi connectivity index (χ4v) is 1.23. The largest absolute Gasteiger partial charge is 0.480 e. The van der Waals surface area contributed by atoms with Crippen LogP contribution in [0.1, 0.15) is 11.1 Å². The maximum Gasteiger partial charge on any atom is 0.416 e. The predicted octanol–water partition coefficient (Wildman–Crippen LogP) is 1.80. The predicted molar refractivity (Wildman–Crippen MR) is 50.7 cm³/mol. The molecule has 0 amide bonds. The molecule has 0 spiro atoms. The molecule has 1 aromatic rings. The van der Waals surface area contributed by atoms with Crippen molar-refractivity contribution in [3.05, 3.63) is 35.1 Å². The summed E-state index contributed by atoms with van der Waals surface area (Å²) >= 11 is 0. The zero-order chi connectivity index (χ0) is 13.2. The number of carbonyl (C=O) groups is 1. The van der Waals surface area contributed by atoms with Crippen LogP contribution >= 0.6 is 0 Å². The quantitative estimate of drug-likeness (QED) is 0.805. The van der Waals surface area contributed by atoms with E-state index in [1.165, 1.54) is 0 Å². The van der Waals surface area contributed by atoms with E-state index in [1.807, 2.05) is 0 Å². The number of alkyl halides is 3. The summed E-state index contributed by atoms with van der Waals surface area (Å²) in [6.45, 7) is 0. The number of aliphatic carboxylic acids is 1. The second-order valence-electron chi connectivity index (χ2n) is 3.45. The van der Waals surface area contributed by atoms with Crippen LogP contribution in [0.2, 0.25) is 0 Å². The summed E-state index contributed by atoms with van der Waals surface area (Å²) < 4.78 is 50.1. The van der Waals surface area contributed by atoms with Gasteiger partial charge in [-0.3, -0.25) is 4.79 Å². The Morgan fingerprint density at radius 1 is 1.41 bits per heavy atom. The molecule has 0 unspecified atom stereocenters. The first-order valence-corrected chi connectivity index (χ1v) is 4.56. The van der Waals surface area contributed by atoms with E-state index < -0.39 is 36.0 Å². The van der Waals surface area contributed by atoms with Crippen LogP contribution in [0.15, 0.2) is 18.2 Å². The number of hydrogen-bond donors (Lipinski definition) is 2. The van der Waals surface area contributed by atoms with Gasteiger partial charge < -0.3 is 10.8 Å². The van der Waals surface area contributed by atoms with Gasteiger partial charge in [-0.05, 0) is 23.8 Å². The topological polar surface area (TPSA) is 63.3 Å². The highest BCUT2D eigenvalue weighted by Gasteiger charge is 2.31. The van der Waals surface area contributed by atoms with Crippen LogP contribution in [-0.4, -0.2) is 17.1 Å². The van der Waals surface area contributed by atoms with Gasteiger partial charge in [-0.25, -0.2) is 4.39 Å². The van der Waals surface area contributed by atoms with E-state index in [0.29, 0.717) is 18.2 Å². The van der Waals surface area contributed by atoms with Crippen LogP contribution in [0.3, 0.4) is 0 Å². The van der Waals surface area contributed by atoms with E-state index in [9.17, 15) is 22.4 Å². The van der Waals surface area contributed by atoms with Crippen molar-refractivity contribution in [1.29, 1.82) is 0 Å². The molecule has 0 aliphatic rings. The monoisotopic (exact) mass is 251 g/mol. The molecule has 17 heavy (non-hydrogen) atoms. The Morgan fingerprint density at radius 2 is 2.00 bits per heavy atom. The lowest BCUT2D eigenvalue weighted by molar-refractivity contribution is -0.138. The molecule has 0 fully saturated rings. The summed E-state index contributed by atoms with van der Waals surface area (Å²) in [5, 5.41) is 8.49. The SMILES string of the molecule is N[C@H](Cc1cc(C(F)(F)F)ccc1F)C(=O)O. The molecule has 3 nitrogen and oxygen atoms in total. The van der Waals surface area contributed by atoms with Crippen molar-refractivity contribution < 1.29 is 27.5 Å². The molecule has 0 heterocycles. The number of carboxylic acids is 1. The third-order valence-electron chi connectivity index (χ3n) is 2.13. The second kappa shape index (κ2) is 4.70. The number of halogens is 4. The molecule has 1 aromatic carbocycles. The molecule has 7 heteroatoms. The van der Waals surface area contributed by atoms with Gasteiger partial charge in [-0.1, -0.05) is 0 Å². The number of nitrogens with two attached hydrogens (primary N) is 1. The van der Waals surface area contributed by atoms with E-state index in [4.69, 9.17) is 10.8 Å². The molecule has 0 radical (unpaired) electrons. The molecular formula is C10H9F4NO2. The number of hydrogen-bond acceptors (Lipinski definition) is 2. The summed E-state index contributed by atoms with van der Waals surface area (Å²) in [5.41, 5.74) is 3.73. The van der Waals surface area contributed by atoms with Crippen molar-refractivity contribution in [1.82, 2.24) is 0 Å². The Morgan fingerprint density at radius 3 is 2.47 bits per heavy atom. The van der Waals surface area contributed by atoms with Crippen LogP contribution in [0.4, 0.5) is 17.6 Å². The third kappa shape index (κ3) is 3.42. The summed E-state index contributed by atoms with van der Waals surface area (Å²) in [4.78, 5) is 10.4. The van der Waals surface area contributed by atoms with Crippen molar-refractivity contribution in [2.45, 2.75) is 18.6 Å². The number of benzene rings is 1. The summed E-state index contributed by atoms with van der Waals surface area (Å²) in [6, 6.07) is 0.365. The minimum Gasteiger partial charge on any atom is -0.480 e. The van der Waals surface area contributed by atoms with E-state index in [1.54, 1.807) is 0 Å². The Labute approximate surface area is 93.8 Å². The van der Waals surface area contributed by atoms with Gasteiger partial charge in [-0.15, -0.1) is 0 Å². The van der Waals surface area contributed by atoms with Crippen molar-refractivity contribution in [3.63, 3.8) is 0 Å². The number of rotatable bonds is 3. The van der Waals surface area contributed by atoms with Gasteiger partial charge in [0.15, 0.2) is 0 Å². The van der Waals surface area contributed by atoms with E-state index in [0.717, 1.165) is 0 Å². The lowest BCUT2D eigenvalue weighted by atomic mass is 10.0. The summed E-state index contributed by atoms with van der Waals surface area (Å²) in [7, 11) is 0. The van der Waals surface area contributed by atoms with Crippen molar-refractivity contribution in [2.24, 2.45) is 5.73 Å². The van der Waals surface area contributed by atoms with Gasteiger partial charge >= 0.3 is 12.1 Å². The lowest BCUT2D eigenvalue weighted by Gasteiger charge is -2.11. The first-order chi connectivity index (χ1) is 7.71. The Kier molecular flexibility index (Phi) is 3.72. The molecule has 0 saturated carbocycles. The first kappa shape index (κ1) is 13.4. The highest BCUT2D eigenvalue weighted by Crippen LogP contribution is 2.30. The third-order valence-corrected chi connectivity index (χ3v) is 2.13. The van der Waals surface area contributed by atoms with Crippen LogP contribution in [0.5, 0.6) is 0 Å². The Balaban J connectivity index is 3.03. The molecule has 1 atom stereocenters. The highest BCUT2D eigenvalue weighted by atomic mass is 19.4. The molecule has 0 aliphatic heterocycles. The maximum atomic E-state index is 13.2. The molecule has 0 aromatic heterocycles. The minimum atomic E-state index is -4.60. The van der Waals surface area contributed by atoms with Gasteiger partial charge in [0, 0.05) is 6.42 Å². The maximum absolute atomic E-state index is 13.2. The summed E-state index contributed by atoms with van der Waals surface area (Å²) in [5.74, 6) is -2.31. The fraction of sp³-hybridized carbons (Fsp3) is 0.300. The van der Waals surface area contributed by atoms with Crippen LogP contribution in [0.25, 0.3) is 0 Å². The molecule has 0 bridgehead atoms. The van der Waals surface area contributed by atoms with Crippen molar-refractivity contribution >= 4 is 5.97 Å². The normalized spacial score (nSPS) is 13.5. The van der Waals surface area contributed by atoms with Crippen LogP contribution in [0, 0.1) is 5.82 Å². The van der Waals surface area contributed by atoms with E-state index >= 15 is 0 Å². The fourth-order valence-electron chi connectivity index (χ4n) is 1.23. The first-order valence-electron chi connectivity index (χ1n) is 4.56. The summed E-state index contributed by atoms with van der Waals surface area (Å²) in [6.07, 6.45) is -5.10. The average Bonchev–Trinajstić information content (AvgIpc) is 2.19.